The van der Waals surface area contributed by atoms with Crippen LogP contribution >= 0.6 is 0 Å². The van der Waals surface area contributed by atoms with Gasteiger partial charge in [-0.05, 0) is 46.2 Å². The predicted octanol–water partition coefficient (Wildman–Crippen LogP) is 4.81. The van der Waals surface area contributed by atoms with Crippen molar-refractivity contribution < 1.29 is 4.79 Å². The summed E-state index contributed by atoms with van der Waals surface area (Å²) in [6.07, 6.45) is 3.94. The molecule has 0 aromatic carbocycles. The average Bonchev–Trinajstić information content (AvgIpc) is 2.50. The molecule has 1 aliphatic heterocycles. The second kappa shape index (κ2) is 9.96. The molecule has 25 heavy (non-hydrogen) atoms. The van der Waals surface area contributed by atoms with Crippen LogP contribution in [0.25, 0.3) is 0 Å². The highest BCUT2D eigenvalue weighted by atomic mass is 16.2. The molecule has 3 heteroatoms. The highest BCUT2D eigenvalue weighted by molar-refractivity contribution is 5.76. The van der Waals surface area contributed by atoms with E-state index in [0.717, 1.165) is 32.6 Å². The number of likely N-dealkylation sites (tertiary alicyclic amines) is 1. The van der Waals surface area contributed by atoms with Crippen LogP contribution in [0.4, 0.5) is 0 Å². The first-order valence-electron chi connectivity index (χ1n) is 9.72. The normalized spacial score (nSPS) is 17.0. The summed E-state index contributed by atoms with van der Waals surface area (Å²) in [4.78, 5) is 16.3. The molecule has 0 N–H and O–H groups in total. The summed E-state index contributed by atoms with van der Waals surface area (Å²) < 4.78 is 0. The van der Waals surface area contributed by atoms with E-state index >= 15 is 0 Å². The van der Waals surface area contributed by atoms with Crippen molar-refractivity contribution in [2.75, 3.05) is 26.2 Å². The van der Waals surface area contributed by atoms with Crippen LogP contribution in [-0.4, -0.2) is 47.9 Å². The molecule has 1 fully saturated rings. The molecule has 1 atom stereocenters. The lowest BCUT2D eigenvalue weighted by atomic mass is 9.90. The predicted molar refractivity (Wildman–Crippen MR) is 109 cm³/mol. The SMILES string of the molecule is C=C(C=C(C)C)C(C)/C(C)=C(\C)CN(CCC)C1CN(C(=O)CC)C1. The second-order valence-corrected chi connectivity index (χ2v) is 7.76. The Morgan fingerprint density at radius 3 is 2.32 bits per heavy atom. The summed E-state index contributed by atoms with van der Waals surface area (Å²) in [5, 5.41) is 0. The third kappa shape index (κ3) is 6.14. The lowest BCUT2D eigenvalue weighted by Gasteiger charge is -2.45. The minimum Gasteiger partial charge on any atom is -0.339 e. The van der Waals surface area contributed by atoms with Gasteiger partial charge in [0, 0.05) is 38.0 Å². The zero-order valence-electron chi connectivity index (χ0n) is 17.5. The molecule has 1 unspecified atom stereocenters. The lowest BCUT2D eigenvalue weighted by Crippen LogP contribution is -2.61. The quantitative estimate of drug-likeness (QED) is 0.442. The Morgan fingerprint density at radius 2 is 1.84 bits per heavy atom. The van der Waals surface area contributed by atoms with Crippen LogP contribution in [0.3, 0.4) is 0 Å². The molecule has 142 valence electrons. The molecule has 1 aliphatic rings. The first-order chi connectivity index (χ1) is 11.7. The number of nitrogens with zero attached hydrogens (tertiary/aromatic N) is 2. The molecule has 0 spiro atoms. The van der Waals surface area contributed by atoms with Gasteiger partial charge in [0.1, 0.15) is 0 Å². The Bertz CT molecular complexity index is 534. The fourth-order valence-electron chi connectivity index (χ4n) is 3.36. The van der Waals surface area contributed by atoms with Gasteiger partial charge in [-0.15, -0.1) is 0 Å². The van der Waals surface area contributed by atoms with E-state index < -0.39 is 0 Å². The molecule has 0 aliphatic carbocycles. The van der Waals surface area contributed by atoms with Gasteiger partial charge in [0.2, 0.25) is 5.91 Å². The topological polar surface area (TPSA) is 23.6 Å². The Morgan fingerprint density at radius 1 is 1.24 bits per heavy atom. The van der Waals surface area contributed by atoms with Crippen LogP contribution in [0.15, 0.2) is 34.9 Å². The number of carbonyl (C=O) groups is 1. The lowest BCUT2D eigenvalue weighted by molar-refractivity contribution is -0.138. The molecular weight excluding hydrogens is 308 g/mol. The minimum atomic E-state index is 0.280. The van der Waals surface area contributed by atoms with Crippen molar-refractivity contribution in [3.63, 3.8) is 0 Å². The van der Waals surface area contributed by atoms with E-state index in [9.17, 15) is 4.79 Å². The third-order valence-corrected chi connectivity index (χ3v) is 5.34. The number of hydrogen-bond donors (Lipinski definition) is 0. The van der Waals surface area contributed by atoms with E-state index in [1.54, 1.807) is 0 Å². The summed E-state index contributed by atoms with van der Waals surface area (Å²) >= 11 is 0. The monoisotopic (exact) mass is 346 g/mol. The number of allylic oxidation sites excluding steroid dienone is 4. The number of carbonyl (C=O) groups excluding carboxylic acids is 1. The van der Waals surface area contributed by atoms with Gasteiger partial charge in [0.15, 0.2) is 0 Å². The van der Waals surface area contributed by atoms with Crippen LogP contribution in [0.1, 0.15) is 61.3 Å². The highest BCUT2D eigenvalue weighted by Crippen LogP contribution is 2.25. The van der Waals surface area contributed by atoms with Crippen molar-refractivity contribution in [2.45, 2.75) is 67.3 Å². The Balaban J connectivity index is 2.75. The van der Waals surface area contributed by atoms with Gasteiger partial charge in [-0.1, -0.05) is 50.1 Å². The maximum absolute atomic E-state index is 11.8. The highest BCUT2D eigenvalue weighted by Gasteiger charge is 2.33. The van der Waals surface area contributed by atoms with Crippen LogP contribution in [0.5, 0.6) is 0 Å². The molecule has 0 radical (unpaired) electrons. The van der Waals surface area contributed by atoms with Crippen molar-refractivity contribution in [1.82, 2.24) is 9.80 Å². The van der Waals surface area contributed by atoms with Crippen molar-refractivity contribution in [3.05, 3.63) is 34.9 Å². The van der Waals surface area contributed by atoms with Gasteiger partial charge in [-0.3, -0.25) is 9.69 Å². The Hall–Kier alpha value is -1.35. The summed E-state index contributed by atoms with van der Waals surface area (Å²) in [5.41, 5.74) is 5.33. The van der Waals surface area contributed by atoms with Crippen LogP contribution in [0.2, 0.25) is 0 Å². The van der Waals surface area contributed by atoms with Crippen molar-refractivity contribution in [1.29, 1.82) is 0 Å². The van der Waals surface area contributed by atoms with Crippen LogP contribution < -0.4 is 0 Å². The van der Waals surface area contributed by atoms with E-state index in [1.807, 2.05) is 11.8 Å². The smallest absolute Gasteiger partial charge is 0.222 e. The van der Waals surface area contributed by atoms with Crippen LogP contribution in [-0.2, 0) is 4.79 Å². The number of rotatable bonds is 9. The largest absolute Gasteiger partial charge is 0.339 e. The summed E-state index contributed by atoms with van der Waals surface area (Å²) in [6, 6.07) is 0.509. The molecule has 0 aromatic rings. The third-order valence-electron chi connectivity index (χ3n) is 5.34. The van der Waals surface area contributed by atoms with Crippen molar-refractivity contribution in [3.8, 4) is 0 Å². The molecule has 0 bridgehead atoms. The first kappa shape index (κ1) is 21.7. The second-order valence-electron chi connectivity index (χ2n) is 7.76. The molecule has 1 saturated heterocycles. The zero-order chi connectivity index (χ0) is 19.1. The first-order valence-corrected chi connectivity index (χ1v) is 9.72. The Labute approximate surface area is 155 Å². The summed E-state index contributed by atoms with van der Waals surface area (Å²) in [5.74, 6) is 0.653. The van der Waals surface area contributed by atoms with E-state index in [0.29, 0.717) is 18.4 Å². The fourth-order valence-corrected chi connectivity index (χ4v) is 3.36. The molecule has 3 nitrogen and oxygen atoms in total. The number of hydrogen-bond acceptors (Lipinski definition) is 2. The van der Waals surface area contributed by atoms with Gasteiger partial charge >= 0.3 is 0 Å². The van der Waals surface area contributed by atoms with Gasteiger partial charge in [-0.25, -0.2) is 0 Å². The van der Waals surface area contributed by atoms with Gasteiger partial charge < -0.3 is 4.90 Å². The van der Waals surface area contributed by atoms with Crippen molar-refractivity contribution >= 4 is 5.91 Å². The van der Waals surface area contributed by atoms with Gasteiger partial charge in [-0.2, -0.15) is 0 Å². The fraction of sp³-hybridized carbons (Fsp3) is 0.682. The number of amides is 1. The van der Waals surface area contributed by atoms with E-state index in [4.69, 9.17) is 0 Å². The Kier molecular flexibility index (Phi) is 8.64. The van der Waals surface area contributed by atoms with E-state index in [1.165, 1.54) is 22.3 Å². The maximum atomic E-state index is 11.8. The summed E-state index contributed by atoms with van der Waals surface area (Å²) in [6.45, 7) is 23.2. The maximum Gasteiger partial charge on any atom is 0.222 e. The summed E-state index contributed by atoms with van der Waals surface area (Å²) in [7, 11) is 0. The standard InChI is InChI=1S/C22H38N2O/c1-9-11-23(21-14-24(15-21)22(25)10-2)13-18(6)20(8)19(7)17(5)12-16(3)4/h12,19,21H,5,9-11,13-15H2,1-4,6-8H3/b20-18+. The van der Waals surface area contributed by atoms with E-state index in [2.05, 4.69) is 59.1 Å². The van der Waals surface area contributed by atoms with Crippen molar-refractivity contribution in [2.24, 2.45) is 5.92 Å². The van der Waals surface area contributed by atoms with Crippen LogP contribution in [0, 0.1) is 5.92 Å². The van der Waals surface area contributed by atoms with Gasteiger partial charge in [0.05, 0.1) is 0 Å². The molecule has 1 rings (SSSR count). The molecule has 1 heterocycles. The molecular formula is C22H38N2O. The van der Waals surface area contributed by atoms with E-state index in [-0.39, 0.29) is 5.91 Å². The van der Waals surface area contributed by atoms with Gasteiger partial charge in [0.25, 0.3) is 0 Å². The molecule has 0 saturated carbocycles. The average molecular weight is 347 g/mol. The minimum absolute atomic E-state index is 0.280. The zero-order valence-corrected chi connectivity index (χ0v) is 17.5. The molecule has 0 aromatic heterocycles. The molecule has 1 amide bonds.